The van der Waals surface area contributed by atoms with E-state index in [2.05, 4.69) is 0 Å². The lowest BCUT2D eigenvalue weighted by Gasteiger charge is -2.17. The molecule has 2 N–H and O–H groups in total. The Morgan fingerprint density at radius 2 is 1.95 bits per heavy atom. The van der Waals surface area contributed by atoms with E-state index in [-0.39, 0.29) is 6.04 Å². The minimum Gasteiger partial charge on any atom is -0.490 e. The predicted octanol–water partition coefficient (Wildman–Crippen LogP) is 3.01. The summed E-state index contributed by atoms with van der Waals surface area (Å²) in [5.41, 5.74) is 6.72. The van der Waals surface area contributed by atoms with E-state index < -0.39 is 13.0 Å². The lowest BCUT2D eigenvalue weighted by molar-refractivity contribution is 0.0795. The molecule has 1 aromatic carbocycles. The van der Waals surface area contributed by atoms with Gasteiger partial charge in [-0.1, -0.05) is 19.1 Å². The average Bonchev–Trinajstić information content (AvgIpc) is 2.38. The summed E-state index contributed by atoms with van der Waals surface area (Å²) in [6, 6.07) is 5.34. The van der Waals surface area contributed by atoms with Crippen LogP contribution in [0.1, 0.15) is 25.8 Å². The Bertz CT molecular complexity index is 386. The smallest absolute Gasteiger partial charge is 0.272 e. The first-order valence-corrected chi connectivity index (χ1v) is 6.49. The van der Waals surface area contributed by atoms with E-state index in [9.17, 15) is 8.78 Å². The van der Waals surface area contributed by atoms with Gasteiger partial charge in [0.05, 0.1) is 6.61 Å². The highest BCUT2D eigenvalue weighted by Gasteiger charge is 2.15. The highest BCUT2D eigenvalue weighted by molar-refractivity contribution is 5.47. The van der Waals surface area contributed by atoms with Gasteiger partial charge in [-0.2, -0.15) is 0 Å². The van der Waals surface area contributed by atoms with Gasteiger partial charge in [-0.15, -0.1) is 0 Å². The van der Waals surface area contributed by atoms with E-state index in [1.54, 1.807) is 6.07 Å². The lowest BCUT2D eigenvalue weighted by Crippen LogP contribution is -2.22. The number of halogens is 2. The van der Waals surface area contributed by atoms with Crippen LogP contribution in [-0.2, 0) is 6.42 Å². The van der Waals surface area contributed by atoms with Crippen LogP contribution in [0.3, 0.4) is 0 Å². The summed E-state index contributed by atoms with van der Waals surface area (Å²) >= 11 is 0. The fourth-order valence-corrected chi connectivity index (χ4v) is 1.73. The van der Waals surface area contributed by atoms with Gasteiger partial charge in [0.1, 0.15) is 6.61 Å². The highest BCUT2D eigenvalue weighted by Crippen LogP contribution is 2.32. The fourth-order valence-electron chi connectivity index (χ4n) is 1.73. The maximum Gasteiger partial charge on any atom is 0.272 e. The molecule has 0 radical (unpaired) electrons. The van der Waals surface area contributed by atoms with Gasteiger partial charge in [-0.3, -0.25) is 0 Å². The molecule has 108 valence electrons. The number of benzene rings is 1. The molecule has 1 unspecified atom stereocenters. The van der Waals surface area contributed by atoms with E-state index in [1.807, 2.05) is 26.0 Å². The van der Waals surface area contributed by atoms with Gasteiger partial charge in [-0.05, 0) is 31.4 Å². The molecule has 0 aliphatic heterocycles. The van der Waals surface area contributed by atoms with Gasteiger partial charge < -0.3 is 15.2 Å². The summed E-state index contributed by atoms with van der Waals surface area (Å²) in [6.45, 7) is 3.63. The van der Waals surface area contributed by atoms with Crippen molar-refractivity contribution in [1.29, 1.82) is 0 Å². The van der Waals surface area contributed by atoms with Crippen molar-refractivity contribution in [1.82, 2.24) is 0 Å². The standard InChI is InChI=1S/C14H21F2NO2/c1-3-11(17)8-10-6-5-7-12(18-4-2)14(10)19-9-13(15)16/h5-7,11,13H,3-4,8-9,17H2,1-2H3. The molecule has 3 nitrogen and oxygen atoms in total. The third kappa shape index (κ3) is 5.03. The molecule has 1 aromatic rings. The lowest BCUT2D eigenvalue weighted by atomic mass is 10.0. The Kier molecular flexibility index (Phi) is 6.56. The van der Waals surface area contributed by atoms with Crippen LogP contribution in [0, 0.1) is 0 Å². The van der Waals surface area contributed by atoms with Crippen LogP contribution in [0.25, 0.3) is 0 Å². The van der Waals surface area contributed by atoms with Crippen molar-refractivity contribution in [3.8, 4) is 11.5 Å². The minimum absolute atomic E-state index is 0.0224. The van der Waals surface area contributed by atoms with Gasteiger partial charge >= 0.3 is 0 Å². The molecular weight excluding hydrogens is 252 g/mol. The Hall–Kier alpha value is -1.36. The first kappa shape index (κ1) is 15.7. The third-order valence-electron chi connectivity index (χ3n) is 2.72. The molecule has 0 aliphatic carbocycles. The number of nitrogens with two attached hydrogens (primary N) is 1. The molecule has 1 rings (SSSR count). The van der Waals surface area contributed by atoms with E-state index in [0.29, 0.717) is 24.5 Å². The largest absolute Gasteiger partial charge is 0.490 e. The molecule has 0 aliphatic rings. The zero-order valence-electron chi connectivity index (χ0n) is 11.4. The van der Waals surface area contributed by atoms with E-state index >= 15 is 0 Å². The fraction of sp³-hybridized carbons (Fsp3) is 0.571. The second-order valence-electron chi connectivity index (χ2n) is 4.25. The zero-order valence-corrected chi connectivity index (χ0v) is 11.4. The highest BCUT2D eigenvalue weighted by atomic mass is 19.3. The van der Waals surface area contributed by atoms with Crippen LogP contribution in [0.4, 0.5) is 8.78 Å². The molecule has 0 saturated carbocycles. The van der Waals surface area contributed by atoms with Crippen LogP contribution >= 0.6 is 0 Å². The van der Waals surface area contributed by atoms with Crippen LogP contribution < -0.4 is 15.2 Å². The number of rotatable bonds is 8. The van der Waals surface area contributed by atoms with Crippen LogP contribution in [0.2, 0.25) is 0 Å². The SMILES string of the molecule is CCOc1cccc(CC(N)CC)c1OCC(F)F. The predicted molar refractivity (Wildman–Crippen MR) is 71.1 cm³/mol. The molecule has 5 heteroatoms. The Morgan fingerprint density at radius 1 is 1.21 bits per heavy atom. The van der Waals surface area contributed by atoms with Crippen LogP contribution in [-0.4, -0.2) is 25.7 Å². The molecule has 1 atom stereocenters. The Labute approximate surface area is 112 Å². The first-order chi connectivity index (χ1) is 9.08. The zero-order chi connectivity index (χ0) is 14.3. The van der Waals surface area contributed by atoms with Crippen molar-refractivity contribution in [2.75, 3.05) is 13.2 Å². The number of para-hydroxylation sites is 1. The topological polar surface area (TPSA) is 44.5 Å². The van der Waals surface area contributed by atoms with Gasteiger partial charge in [0, 0.05) is 6.04 Å². The van der Waals surface area contributed by atoms with Crippen molar-refractivity contribution in [2.24, 2.45) is 5.73 Å². The average molecular weight is 273 g/mol. The molecular formula is C14H21F2NO2. The normalized spacial score (nSPS) is 12.5. The van der Waals surface area contributed by atoms with E-state index in [0.717, 1.165) is 12.0 Å². The third-order valence-corrected chi connectivity index (χ3v) is 2.72. The minimum atomic E-state index is -2.51. The quantitative estimate of drug-likeness (QED) is 0.792. The monoisotopic (exact) mass is 273 g/mol. The first-order valence-electron chi connectivity index (χ1n) is 6.49. The molecule has 0 spiro atoms. The molecule has 0 saturated heterocycles. The molecule has 0 aromatic heterocycles. The maximum absolute atomic E-state index is 12.3. The second kappa shape index (κ2) is 7.94. The van der Waals surface area contributed by atoms with Crippen molar-refractivity contribution in [3.05, 3.63) is 23.8 Å². The van der Waals surface area contributed by atoms with Gasteiger partial charge in [0.2, 0.25) is 0 Å². The summed E-state index contributed by atoms with van der Waals surface area (Å²) in [5, 5.41) is 0. The summed E-state index contributed by atoms with van der Waals surface area (Å²) < 4.78 is 35.2. The summed E-state index contributed by atoms with van der Waals surface area (Å²) in [5.74, 6) is 0.873. The van der Waals surface area contributed by atoms with Gasteiger partial charge in [0.15, 0.2) is 11.5 Å². The molecule has 0 bridgehead atoms. The van der Waals surface area contributed by atoms with Crippen molar-refractivity contribution in [3.63, 3.8) is 0 Å². The number of hydrogen-bond donors (Lipinski definition) is 1. The summed E-state index contributed by atoms with van der Waals surface area (Å²) in [6.07, 6.45) is -1.12. The van der Waals surface area contributed by atoms with Gasteiger partial charge in [0.25, 0.3) is 6.43 Å². The molecule has 19 heavy (non-hydrogen) atoms. The van der Waals surface area contributed by atoms with E-state index in [4.69, 9.17) is 15.2 Å². The number of alkyl halides is 2. The van der Waals surface area contributed by atoms with Crippen LogP contribution in [0.5, 0.6) is 11.5 Å². The second-order valence-corrected chi connectivity index (χ2v) is 4.25. The molecule has 0 fully saturated rings. The Morgan fingerprint density at radius 3 is 2.53 bits per heavy atom. The summed E-state index contributed by atoms with van der Waals surface area (Å²) in [7, 11) is 0. The maximum atomic E-state index is 12.3. The Balaban J connectivity index is 2.95. The van der Waals surface area contributed by atoms with Crippen LogP contribution in [0.15, 0.2) is 18.2 Å². The molecule has 0 heterocycles. The van der Waals surface area contributed by atoms with Crippen molar-refractivity contribution in [2.45, 2.75) is 39.2 Å². The van der Waals surface area contributed by atoms with Gasteiger partial charge in [-0.25, -0.2) is 8.78 Å². The molecule has 0 amide bonds. The number of ether oxygens (including phenoxy) is 2. The van der Waals surface area contributed by atoms with E-state index in [1.165, 1.54) is 0 Å². The van der Waals surface area contributed by atoms with Crippen molar-refractivity contribution >= 4 is 0 Å². The number of hydrogen-bond acceptors (Lipinski definition) is 3. The summed E-state index contributed by atoms with van der Waals surface area (Å²) in [4.78, 5) is 0. The van der Waals surface area contributed by atoms with Crippen molar-refractivity contribution < 1.29 is 18.3 Å².